The molecule has 2 rings (SSSR count). The number of alkyl halides is 3. The molecule has 1 heterocycles. The van der Waals surface area contributed by atoms with Crippen LogP contribution in [0.15, 0.2) is 30.3 Å². The number of halogens is 3. The Balaban J connectivity index is 2.16. The van der Waals surface area contributed by atoms with E-state index in [0.717, 1.165) is 11.6 Å². The van der Waals surface area contributed by atoms with Crippen molar-refractivity contribution in [1.82, 2.24) is 9.97 Å². The Morgan fingerprint density at radius 3 is 2.67 bits per heavy atom. The van der Waals surface area contributed by atoms with Crippen LogP contribution in [0.5, 0.6) is 0 Å². The topological polar surface area (TPSA) is 87.6 Å². The number of hydrogen-bond acceptors (Lipinski definition) is 5. The van der Waals surface area contributed by atoms with E-state index in [1.807, 2.05) is 6.07 Å². The van der Waals surface area contributed by atoms with Crippen LogP contribution >= 0.6 is 0 Å². The summed E-state index contributed by atoms with van der Waals surface area (Å²) in [7, 11) is 0. The molecule has 0 fully saturated rings. The van der Waals surface area contributed by atoms with Crippen molar-refractivity contribution >= 4 is 11.8 Å². The van der Waals surface area contributed by atoms with Gasteiger partial charge in [-0.1, -0.05) is 12.1 Å². The molecular formula is C13H10F3N5. The van der Waals surface area contributed by atoms with E-state index in [0.29, 0.717) is 5.56 Å². The van der Waals surface area contributed by atoms with E-state index in [1.165, 1.54) is 0 Å². The highest BCUT2D eigenvalue weighted by molar-refractivity contribution is 5.42. The largest absolute Gasteiger partial charge is 0.433 e. The van der Waals surface area contributed by atoms with Crippen LogP contribution in [0, 0.1) is 11.3 Å². The van der Waals surface area contributed by atoms with Crippen LogP contribution in [0.4, 0.5) is 24.9 Å². The number of aromatic nitrogens is 2. The molecule has 0 saturated carbocycles. The van der Waals surface area contributed by atoms with Crippen molar-refractivity contribution in [2.24, 2.45) is 0 Å². The normalized spacial score (nSPS) is 11.0. The SMILES string of the molecule is N#Cc1cccc(CNc2cc(C(F)(F)F)nc(N)n2)c1. The lowest BCUT2D eigenvalue weighted by atomic mass is 10.1. The van der Waals surface area contributed by atoms with Gasteiger partial charge in [0.25, 0.3) is 0 Å². The van der Waals surface area contributed by atoms with E-state index in [2.05, 4.69) is 15.3 Å². The molecule has 0 bridgehead atoms. The molecule has 0 saturated heterocycles. The van der Waals surface area contributed by atoms with Gasteiger partial charge >= 0.3 is 6.18 Å². The third-order valence-corrected chi connectivity index (χ3v) is 2.56. The first-order chi connectivity index (χ1) is 9.88. The second-order valence-corrected chi connectivity index (χ2v) is 4.16. The Hall–Kier alpha value is -2.82. The van der Waals surface area contributed by atoms with E-state index in [1.54, 1.807) is 24.3 Å². The molecule has 3 N–H and O–H groups in total. The molecule has 5 nitrogen and oxygen atoms in total. The summed E-state index contributed by atoms with van der Waals surface area (Å²) in [6.07, 6.45) is -4.59. The Kier molecular flexibility index (Phi) is 3.93. The average Bonchev–Trinajstić information content (AvgIpc) is 2.44. The van der Waals surface area contributed by atoms with Gasteiger partial charge in [0.05, 0.1) is 11.6 Å². The Bertz CT molecular complexity index is 691. The molecule has 0 amide bonds. The fraction of sp³-hybridized carbons (Fsp3) is 0.154. The quantitative estimate of drug-likeness (QED) is 0.908. The summed E-state index contributed by atoms with van der Waals surface area (Å²) in [4.78, 5) is 6.84. The minimum Gasteiger partial charge on any atom is -0.368 e. The molecule has 0 radical (unpaired) electrons. The number of rotatable bonds is 3. The Morgan fingerprint density at radius 1 is 1.24 bits per heavy atom. The van der Waals surface area contributed by atoms with Gasteiger partial charge in [-0.25, -0.2) is 4.98 Å². The third-order valence-electron chi connectivity index (χ3n) is 2.56. The predicted octanol–water partition coefficient (Wildman–Crippen LogP) is 2.56. The molecule has 8 heteroatoms. The third kappa shape index (κ3) is 3.82. The zero-order valence-electron chi connectivity index (χ0n) is 10.6. The first-order valence-corrected chi connectivity index (χ1v) is 5.83. The number of nitrogen functional groups attached to an aromatic ring is 1. The maximum atomic E-state index is 12.6. The van der Waals surface area contributed by atoms with E-state index in [4.69, 9.17) is 11.0 Å². The molecule has 21 heavy (non-hydrogen) atoms. The smallest absolute Gasteiger partial charge is 0.368 e. The number of nitrogens with zero attached hydrogens (tertiary/aromatic N) is 3. The van der Waals surface area contributed by atoms with E-state index < -0.39 is 17.8 Å². The molecule has 0 spiro atoms. The fourth-order valence-electron chi connectivity index (χ4n) is 1.65. The Labute approximate surface area is 118 Å². The predicted molar refractivity (Wildman–Crippen MR) is 69.9 cm³/mol. The van der Waals surface area contributed by atoms with Crippen LogP contribution in [0.2, 0.25) is 0 Å². The van der Waals surface area contributed by atoms with Crippen molar-refractivity contribution in [3.05, 3.63) is 47.2 Å². The number of anilines is 2. The molecule has 1 aromatic heterocycles. The van der Waals surface area contributed by atoms with Crippen LogP contribution in [-0.2, 0) is 12.7 Å². The van der Waals surface area contributed by atoms with Gasteiger partial charge in [0.15, 0.2) is 5.69 Å². The minimum absolute atomic E-state index is 0.0304. The highest BCUT2D eigenvalue weighted by Gasteiger charge is 2.33. The summed E-state index contributed by atoms with van der Waals surface area (Å²) >= 11 is 0. The number of hydrogen-bond donors (Lipinski definition) is 2. The van der Waals surface area contributed by atoms with Crippen molar-refractivity contribution in [2.75, 3.05) is 11.1 Å². The van der Waals surface area contributed by atoms with Crippen molar-refractivity contribution in [3.63, 3.8) is 0 Å². The summed E-state index contributed by atoms with van der Waals surface area (Å²) in [6, 6.07) is 9.45. The minimum atomic E-state index is -4.59. The summed E-state index contributed by atoms with van der Waals surface area (Å²) in [5.41, 5.74) is 5.36. The number of nitrogens with two attached hydrogens (primary N) is 1. The molecule has 0 aliphatic carbocycles. The molecule has 108 valence electrons. The highest BCUT2D eigenvalue weighted by Crippen LogP contribution is 2.29. The lowest BCUT2D eigenvalue weighted by molar-refractivity contribution is -0.141. The molecular weight excluding hydrogens is 283 g/mol. The van der Waals surface area contributed by atoms with Crippen LogP contribution < -0.4 is 11.1 Å². The summed E-state index contributed by atoms with van der Waals surface area (Å²) in [5, 5.41) is 11.5. The molecule has 1 aromatic carbocycles. The first kappa shape index (κ1) is 14.6. The fourth-order valence-corrected chi connectivity index (χ4v) is 1.65. The molecule has 0 unspecified atom stereocenters. The van der Waals surface area contributed by atoms with Gasteiger partial charge in [0, 0.05) is 12.6 Å². The molecule has 2 aromatic rings. The number of benzene rings is 1. The van der Waals surface area contributed by atoms with Crippen molar-refractivity contribution in [3.8, 4) is 6.07 Å². The van der Waals surface area contributed by atoms with Gasteiger partial charge in [-0.05, 0) is 17.7 Å². The van der Waals surface area contributed by atoms with Crippen LogP contribution in [0.25, 0.3) is 0 Å². The van der Waals surface area contributed by atoms with Crippen molar-refractivity contribution in [1.29, 1.82) is 5.26 Å². The van der Waals surface area contributed by atoms with E-state index in [9.17, 15) is 13.2 Å². The molecule has 0 aliphatic rings. The standard InChI is InChI=1S/C13H10F3N5/c14-13(15,16)10-5-11(21-12(18)20-10)19-7-9-3-1-2-8(4-9)6-17/h1-5H,7H2,(H3,18,19,20,21). The molecule has 0 aliphatic heterocycles. The van der Waals surface area contributed by atoms with Gasteiger partial charge in [-0.3, -0.25) is 0 Å². The van der Waals surface area contributed by atoms with Crippen molar-refractivity contribution < 1.29 is 13.2 Å². The number of nitriles is 1. The highest BCUT2D eigenvalue weighted by atomic mass is 19.4. The van der Waals surface area contributed by atoms with E-state index in [-0.39, 0.29) is 12.4 Å². The van der Waals surface area contributed by atoms with Crippen LogP contribution in [0.1, 0.15) is 16.8 Å². The molecule has 0 atom stereocenters. The summed E-state index contributed by atoms with van der Waals surface area (Å²) in [6.45, 7) is 0.212. The maximum absolute atomic E-state index is 12.6. The van der Waals surface area contributed by atoms with Gasteiger partial charge in [-0.2, -0.15) is 23.4 Å². The van der Waals surface area contributed by atoms with Crippen LogP contribution in [0.3, 0.4) is 0 Å². The zero-order valence-corrected chi connectivity index (χ0v) is 10.6. The second kappa shape index (κ2) is 5.66. The number of nitrogens with one attached hydrogen (secondary N) is 1. The van der Waals surface area contributed by atoms with E-state index >= 15 is 0 Å². The first-order valence-electron chi connectivity index (χ1n) is 5.83. The zero-order chi connectivity index (χ0) is 15.5. The summed E-state index contributed by atoms with van der Waals surface area (Å²) < 4.78 is 37.8. The lowest BCUT2D eigenvalue weighted by Gasteiger charge is -2.10. The van der Waals surface area contributed by atoms with Gasteiger partial charge in [0.1, 0.15) is 5.82 Å². The maximum Gasteiger partial charge on any atom is 0.433 e. The monoisotopic (exact) mass is 293 g/mol. The Morgan fingerprint density at radius 2 is 2.00 bits per heavy atom. The van der Waals surface area contributed by atoms with Gasteiger partial charge in [-0.15, -0.1) is 0 Å². The van der Waals surface area contributed by atoms with Crippen molar-refractivity contribution in [2.45, 2.75) is 12.7 Å². The average molecular weight is 293 g/mol. The lowest BCUT2D eigenvalue weighted by Crippen LogP contribution is -2.13. The summed E-state index contributed by atoms with van der Waals surface area (Å²) in [5.74, 6) is -0.490. The van der Waals surface area contributed by atoms with Gasteiger partial charge < -0.3 is 11.1 Å². The second-order valence-electron chi connectivity index (χ2n) is 4.16. The van der Waals surface area contributed by atoms with Gasteiger partial charge in [0.2, 0.25) is 5.95 Å². The van der Waals surface area contributed by atoms with Crippen LogP contribution in [-0.4, -0.2) is 9.97 Å².